The summed E-state index contributed by atoms with van der Waals surface area (Å²) in [6, 6.07) is 18.0. The lowest BCUT2D eigenvalue weighted by Crippen LogP contribution is -2.57. The van der Waals surface area contributed by atoms with Gasteiger partial charge in [0.1, 0.15) is 35.5 Å². The highest BCUT2D eigenvalue weighted by atomic mass is 32.3. The van der Waals surface area contributed by atoms with E-state index in [9.17, 15) is 37.2 Å². The lowest BCUT2D eigenvalue weighted by molar-refractivity contribution is -0.133. The third-order valence-electron chi connectivity index (χ3n) is 10.0. The molecule has 0 radical (unpaired) electrons. The lowest BCUT2D eigenvalue weighted by Gasteiger charge is -2.25. The van der Waals surface area contributed by atoms with E-state index in [1.165, 1.54) is 36.0 Å². The largest absolute Gasteiger partial charge is 0.446 e. The number of carbonyl (C=O) groups is 6. The van der Waals surface area contributed by atoms with E-state index in [0.29, 0.717) is 37.1 Å². The Morgan fingerprint density at radius 1 is 0.727 bits per heavy atom. The van der Waals surface area contributed by atoms with Crippen LogP contribution in [-0.4, -0.2) is 108 Å². The van der Waals surface area contributed by atoms with Crippen LogP contribution in [0.3, 0.4) is 0 Å². The van der Waals surface area contributed by atoms with Gasteiger partial charge in [-0.2, -0.15) is 20.2 Å². The average molecular weight is 952 g/mol. The molecule has 0 saturated heterocycles. The normalized spacial score (nSPS) is 13.3. The minimum Gasteiger partial charge on any atom is -0.444 e. The monoisotopic (exact) mass is 951 g/mol. The van der Waals surface area contributed by atoms with Gasteiger partial charge < -0.3 is 45.8 Å². The van der Waals surface area contributed by atoms with Gasteiger partial charge in [0.25, 0.3) is 0 Å². The van der Waals surface area contributed by atoms with E-state index in [4.69, 9.17) is 9.29 Å². The highest BCUT2D eigenvalue weighted by Gasteiger charge is 2.31. The first kappa shape index (κ1) is 52.5. The van der Waals surface area contributed by atoms with Crippen LogP contribution in [0.4, 0.5) is 4.79 Å². The summed E-state index contributed by atoms with van der Waals surface area (Å²) in [6.45, 7) is 6.70. The molecular weight excluding hydrogens is 891 g/mol. The molecule has 66 heavy (non-hydrogen) atoms. The molecule has 0 aliphatic rings. The molecule has 358 valence electrons. The van der Waals surface area contributed by atoms with Crippen molar-refractivity contribution in [2.24, 2.45) is 0 Å². The number of carbonyl (C=O) groups excluding carboxylic acids is 6. The second-order valence-electron chi connectivity index (χ2n) is 16.5. The first-order valence-corrected chi connectivity index (χ1v) is 24.4. The van der Waals surface area contributed by atoms with Crippen LogP contribution in [0.15, 0.2) is 85.1 Å². The Hall–Kier alpha value is -6.12. The van der Waals surface area contributed by atoms with Crippen LogP contribution in [0.2, 0.25) is 0 Å². The van der Waals surface area contributed by atoms with Gasteiger partial charge in [-0.15, -0.1) is 0 Å². The number of aromatic nitrogens is 1. The molecule has 4 aromatic rings. The van der Waals surface area contributed by atoms with Crippen molar-refractivity contribution in [3.05, 3.63) is 102 Å². The number of para-hydroxylation sites is 1. The minimum absolute atomic E-state index is 0.0559. The summed E-state index contributed by atoms with van der Waals surface area (Å²) in [5.41, 5.74) is 2.15. The van der Waals surface area contributed by atoms with Crippen LogP contribution in [0, 0.1) is 0 Å². The van der Waals surface area contributed by atoms with Crippen LogP contribution in [0.5, 0.6) is 5.75 Å². The summed E-state index contributed by atoms with van der Waals surface area (Å²) in [7, 11) is -4.78. The molecule has 20 heteroatoms. The van der Waals surface area contributed by atoms with Crippen molar-refractivity contribution >= 4 is 68.7 Å². The predicted molar refractivity (Wildman–Crippen MR) is 252 cm³/mol. The highest BCUT2D eigenvalue weighted by molar-refractivity contribution is 7.98. The number of hydrogen-bond acceptors (Lipinski definition) is 11. The molecule has 8 N–H and O–H groups in total. The van der Waals surface area contributed by atoms with Crippen LogP contribution in [0.1, 0.15) is 70.1 Å². The van der Waals surface area contributed by atoms with Crippen molar-refractivity contribution in [2.75, 3.05) is 25.1 Å². The van der Waals surface area contributed by atoms with Gasteiger partial charge in [-0.3, -0.25) is 28.5 Å². The number of unbranched alkanes of at least 4 members (excludes halogenated alkanes) is 1. The van der Waals surface area contributed by atoms with E-state index < -0.39 is 76.4 Å². The maximum absolute atomic E-state index is 14.1. The summed E-state index contributed by atoms with van der Waals surface area (Å²) < 4.78 is 41.2. The second-order valence-corrected chi connectivity index (χ2v) is 18.5. The molecular formula is C46H61N7O11S2. The van der Waals surface area contributed by atoms with Crippen molar-refractivity contribution < 1.29 is 50.7 Å². The third-order valence-corrected chi connectivity index (χ3v) is 11.1. The van der Waals surface area contributed by atoms with E-state index in [0.717, 1.165) is 28.5 Å². The van der Waals surface area contributed by atoms with E-state index in [-0.39, 0.29) is 30.9 Å². The van der Waals surface area contributed by atoms with Crippen molar-refractivity contribution in [1.82, 2.24) is 36.9 Å². The molecule has 6 amide bonds. The van der Waals surface area contributed by atoms with Crippen molar-refractivity contribution in [1.29, 1.82) is 0 Å². The molecule has 3 aromatic carbocycles. The predicted octanol–water partition coefficient (Wildman–Crippen LogP) is 3.90. The molecule has 4 atom stereocenters. The van der Waals surface area contributed by atoms with Gasteiger partial charge in [-0.05, 0) is 86.9 Å². The van der Waals surface area contributed by atoms with Gasteiger partial charge in [0, 0.05) is 36.5 Å². The number of rotatable bonds is 25. The summed E-state index contributed by atoms with van der Waals surface area (Å²) in [6.07, 6.45) is 5.13. The van der Waals surface area contributed by atoms with Gasteiger partial charge in [-0.1, -0.05) is 80.4 Å². The first-order chi connectivity index (χ1) is 31.3. The molecule has 0 aliphatic heterocycles. The summed E-state index contributed by atoms with van der Waals surface area (Å²) >= 11 is 1.41. The average Bonchev–Trinajstić information content (AvgIpc) is 3.67. The number of thioether (sulfide) groups is 1. The molecule has 0 spiro atoms. The number of hydrogen-bond donors (Lipinski definition) is 8. The molecule has 0 bridgehead atoms. The Bertz CT molecular complexity index is 2360. The fraction of sp³-hybridized carbons (Fsp3) is 0.435. The SMILES string of the molecule is CCCC[C@H](NC(=O)[C@@H](Cc1c[nH]c2ccccc12)NC(=O)CNC(=O)[C@H](CCSC)NC(=O)[C@H](Cc1ccc(OS(=O)(=O)O)cc1)NC(=O)OC(C)(C)C)C(=O)NCCc1ccccc1. The quantitative estimate of drug-likeness (QED) is 0.0440. The number of H-pyrrole nitrogens is 1. The Morgan fingerprint density at radius 2 is 1.35 bits per heavy atom. The number of alkyl carbamates (subject to hydrolysis) is 1. The maximum Gasteiger partial charge on any atom is 0.446 e. The Morgan fingerprint density at radius 3 is 1.98 bits per heavy atom. The van der Waals surface area contributed by atoms with Gasteiger partial charge in [-0.25, -0.2) is 4.79 Å². The molecule has 0 saturated carbocycles. The van der Waals surface area contributed by atoms with Crippen LogP contribution < -0.4 is 36.1 Å². The van der Waals surface area contributed by atoms with Gasteiger partial charge in [0.05, 0.1) is 6.54 Å². The zero-order chi connectivity index (χ0) is 48.3. The Balaban J connectivity index is 1.48. The van der Waals surface area contributed by atoms with Crippen molar-refractivity contribution in [2.45, 2.75) is 102 Å². The summed E-state index contributed by atoms with van der Waals surface area (Å²) in [5, 5.41) is 17.2. The van der Waals surface area contributed by atoms with E-state index in [1.807, 2.05) is 67.8 Å². The number of ether oxygens (including phenoxy) is 1. The standard InChI is InChI=1S/C46H61N7O11S2/c1-6-7-16-36(41(55)47-24-22-30-13-9-8-10-14-30)51-44(58)39(27-32-28-48-35-17-12-11-15-34(32)35)50-40(54)29-49-42(56)37(23-25-65-5)52-43(57)38(53-45(59)63-46(2,3)4)26-31-18-20-33(21-19-31)64-66(60,61)62/h8-15,17-21,28,36-39,48H,6-7,16,22-27,29H2,1-5H3,(H,47,55)(H,49,56)(H,50,54)(H,51,58)(H,52,57)(H,53,59)(H,60,61,62)/t36-,37-,38-,39+/m0/s1. The highest BCUT2D eigenvalue weighted by Crippen LogP contribution is 2.20. The number of amides is 6. The van der Waals surface area contributed by atoms with Crippen LogP contribution in [0.25, 0.3) is 10.9 Å². The fourth-order valence-corrected chi connectivity index (χ4v) is 7.61. The zero-order valence-corrected chi connectivity index (χ0v) is 39.4. The lowest BCUT2D eigenvalue weighted by atomic mass is 10.0. The second kappa shape index (κ2) is 25.5. The molecule has 1 aromatic heterocycles. The zero-order valence-electron chi connectivity index (χ0n) is 37.8. The van der Waals surface area contributed by atoms with Gasteiger partial charge in [0.15, 0.2) is 0 Å². The van der Waals surface area contributed by atoms with E-state index >= 15 is 0 Å². The Labute approximate surface area is 389 Å². The Kier molecular flexibility index (Phi) is 20.3. The molecule has 18 nitrogen and oxygen atoms in total. The maximum atomic E-state index is 14.1. The topological polar surface area (TPSA) is 263 Å². The number of fused-ring (bicyclic) bond motifs is 1. The minimum atomic E-state index is -4.78. The van der Waals surface area contributed by atoms with Crippen molar-refractivity contribution in [3.8, 4) is 5.75 Å². The van der Waals surface area contributed by atoms with Crippen molar-refractivity contribution in [3.63, 3.8) is 0 Å². The van der Waals surface area contributed by atoms with E-state index in [2.05, 4.69) is 41.1 Å². The number of benzene rings is 3. The molecule has 0 fully saturated rings. The molecule has 0 aliphatic carbocycles. The van der Waals surface area contributed by atoms with Crippen LogP contribution >= 0.6 is 11.8 Å². The van der Waals surface area contributed by atoms with Gasteiger partial charge in [0.2, 0.25) is 29.5 Å². The van der Waals surface area contributed by atoms with E-state index in [1.54, 1.807) is 27.0 Å². The first-order valence-electron chi connectivity index (χ1n) is 21.6. The van der Waals surface area contributed by atoms with Crippen LogP contribution in [-0.2, 0) is 58.4 Å². The molecule has 4 rings (SSSR count). The van der Waals surface area contributed by atoms with Gasteiger partial charge >= 0.3 is 16.5 Å². The third kappa shape index (κ3) is 18.4. The summed E-state index contributed by atoms with van der Waals surface area (Å²) in [5.74, 6) is -2.88. The number of aromatic amines is 1. The fourth-order valence-electron chi connectivity index (χ4n) is 6.79. The summed E-state index contributed by atoms with van der Waals surface area (Å²) in [4.78, 5) is 84.8. The molecule has 0 unspecified atom stereocenters. The smallest absolute Gasteiger partial charge is 0.444 e. The molecule has 1 heterocycles. The number of nitrogens with one attached hydrogen (secondary N) is 7.